The Hall–Kier alpha value is -1.91. The van der Waals surface area contributed by atoms with Crippen molar-refractivity contribution >= 4 is 11.9 Å². The van der Waals surface area contributed by atoms with Gasteiger partial charge in [0, 0.05) is 0 Å². The maximum Gasteiger partial charge on any atom is 0.324 e. The van der Waals surface area contributed by atoms with Crippen molar-refractivity contribution in [1.29, 1.82) is 0 Å². The second-order valence-corrected chi connectivity index (χ2v) is 4.00. The van der Waals surface area contributed by atoms with Crippen LogP contribution in [-0.4, -0.2) is 25.2 Å². The predicted molar refractivity (Wildman–Crippen MR) is 67.1 cm³/mol. The lowest BCUT2D eigenvalue weighted by molar-refractivity contribution is -0.156. The molecular weight excluding hydrogens is 251 g/mol. The number of carbonyl (C=O) groups excluding carboxylic acids is 2. The Balaban J connectivity index is 3.14. The van der Waals surface area contributed by atoms with E-state index >= 15 is 0 Å². The number of rotatable bonds is 5. The number of aryl methyl sites for hydroxylation is 1. The van der Waals surface area contributed by atoms with Crippen molar-refractivity contribution in [2.45, 2.75) is 26.7 Å². The van der Waals surface area contributed by atoms with Gasteiger partial charge in [0.15, 0.2) is 5.92 Å². The smallest absolute Gasteiger partial charge is 0.324 e. The van der Waals surface area contributed by atoms with Gasteiger partial charge in [-0.05, 0) is 44.0 Å². The Morgan fingerprint density at radius 2 is 1.63 bits per heavy atom. The van der Waals surface area contributed by atoms with E-state index in [9.17, 15) is 14.0 Å². The number of carbonyl (C=O) groups is 2. The molecule has 0 spiro atoms. The Morgan fingerprint density at radius 3 is 2.05 bits per heavy atom. The molecule has 0 N–H and O–H groups in total. The minimum atomic E-state index is -1.24. The van der Waals surface area contributed by atoms with Gasteiger partial charge in [-0.2, -0.15) is 0 Å². The molecule has 1 aromatic rings. The molecule has 0 aliphatic rings. The zero-order valence-electron chi connectivity index (χ0n) is 11.2. The molecule has 1 rings (SSSR count). The summed E-state index contributed by atoms with van der Waals surface area (Å²) in [5, 5.41) is 0. The molecule has 0 heterocycles. The highest BCUT2D eigenvalue weighted by Gasteiger charge is 2.31. The number of hydrogen-bond donors (Lipinski definition) is 0. The highest BCUT2D eigenvalue weighted by atomic mass is 19.1. The number of halogens is 1. The van der Waals surface area contributed by atoms with Gasteiger partial charge in [0.05, 0.1) is 13.2 Å². The lowest BCUT2D eigenvalue weighted by atomic mass is 9.97. The molecule has 0 atom stereocenters. The van der Waals surface area contributed by atoms with Crippen molar-refractivity contribution < 1.29 is 23.5 Å². The monoisotopic (exact) mass is 268 g/mol. The fourth-order valence-corrected chi connectivity index (χ4v) is 1.75. The van der Waals surface area contributed by atoms with Crippen molar-refractivity contribution in [3.05, 3.63) is 35.1 Å². The van der Waals surface area contributed by atoms with Crippen LogP contribution in [0.5, 0.6) is 0 Å². The fraction of sp³-hybridized carbons (Fsp3) is 0.429. The number of ether oxygens (including phenoxy) is 2. The Morgan fingerprint density at radius 1 is 1.11 bits per heavy atom. The van der Waals surface area contributed by atoms with E-state index in [0.29, 0.717) is 5.56 Å². The molecule has 104 valence electrons. The minimum Gasteiger partial charge on any atom is -0.465 e. The predicted octanol–water partition coefficient (Wildman–Crippen LogP) is 2.34. The first-order chi connectivity index (χ1) is 8.99. The zero-order chi connectivity index (χ0) is 14.4. The summed E-state index contributed by atoms with van der Waals surface area (Å²) < 4.78 is 23.1. The summed E-state index contributed by atoms with van der Waals surface area (Å²) in [4.78, 5) is 23.7. The highest BCUT2D eigenvalue weighted by molar-refractivity contribution is 6.00. The third kappa shape index (κ3) is 4.05. The second kappa shape index (κ2) is 6.87. The first kappa shape index (κ1) is 15.1. The van der Waals surface area contributed by atoms with E-state index < -0.39 is 23.7 Å². The highest BCUT2D eigenvalue weighted by Crippen LogP contribution is 2.22. The van der Waals surface area contributed by atoms with Gasteiger partial charge >= 0.3 is 11.9 Å². The summed E-state index contributed by atoms with van der Waals surface area (Å²) in [6.45, 7) is 5.24. The molecule has 0 aliphatic carbocycles. The average Bonchev–Trinajstić information content (AvgIpc) is 2.28. The van der Waals surface area contributed by atoms with Crippen molar-refractivity contribution in [3.63, 3.8) is 0 Å². The topological polar surface area (TPSA) is 52.6 Å². The van der Waals surface area contributed by atoms with Crippen LogP contribution in [-0.2, 0) is 19.1 Å². The van der Waals surface area contributed by atoms with Gasteiger partial charge in [-0.15, -0.1) is 0 Å². The van der Waals surface area contributed by atoms with Gasteiger partial charge in [0.1, 0.15) is 5.82 Å². The van der Waals surface area contributed by atoms with Gasteiger partial charge in [-0.1, -0.05) is 6.07 Å². The summed E-state index contributed by atoms with van der Waals surface area (Å²) in [5.74, 6) is -3.21. The van der Waals surface area contributed by atoms with Crippen molar-refractivity contribution in [3.8, 4) is 0 Å². The van der Waals surface area contributed by atoms with Gasteiger partial charge in [0.25, 0.3) is 0 Å². The number of benzene rings is 1. The average molecular weight is 268 g/mol. The minimum absolute atomic E-state index is 0.142. The van der Waals surface area contributed by atoms with E-state index in [1.54, 1.807) is 26.8 Å². The lowest BCUT2D eigenvalue weighted by Gasteiger charge is -2.15. The Kier molecular flexibility index (Phi) is 5.48. The van der Waals surface area contributed by atoms with E-state index in [4.69, 9.17) is 9.47 Å². The summed E-state index contributed by atoms with van der Waals surface area (Å²) in [5.41, 5.74) is 0.864. The van der Waals surface area contributed by atoms with Crippen molar-refractivity contribution in [2.24, 2.45) is 0 Å². The molecule has 0 saturated carbocycles. The van der Waals surface area contributed by atoms with Gasteiger partial charge in [0.2, 0.25) is 0 Å². The van der Waals surface area contributed by atoms with E-state index in [1.807, 2.05) is 0 Å². The molecule has 0 saturated heterocycles. The molecule has 0 unspecified atom stereocenters. The number of hydrogen-bond acceptors (Lipinski definition) is 4. The SMILES string of the molecule is CCOC(=O)C(C(=O)OCC)c1cc(C)cc(F)c1. The third-order valence-corrected chi connectivity index (χ3v) is 2.44. The standard InChI is InChI=1S/C14H17FO4/c1-4-18-13(16)12(14(17)19-5-2)10-6-9(3)7-11(15)8-10/h6-8,12H,4-5H2,1-3H3. The lowest BCUT2D eigenvalue weighted by Crippen LogP contribution is -2.26. The summed E-state index contributed by atoms with van der Waals surface area (Å²) in [6, 6.07) is 4.03. The van der Waals surface area contributed by atoms with Crippen LogP contribution in [0.15, 0.2) is 18.2 Å². The van der Waals surface area contributed by atoms with Crippen LogP contribution < -0.4 is 0 Å². The van der Waals surface area contributed by atoms with Crippen LogP contribution in [0, 0.1) is 12.7 Å². The van der Waals surface area contributed by atoms with Gasteiger partial charge in [-0.3, -0.25) is 9.59 Å². The zero-order valence-corrected chi connectivity index (χ0v) is 11.2. The third-order valence-electron chi connectivity index (χ3n) is 2.44. The first-order valence-corrected chi connectivity index (χ1v) is 6.10. The number of esters is 2. The fourth-order valence-electron chi connectivity index (χ4n) is 1.75. The molecule has 4 nitrogen and oxygen atoms in total. The molecule has 1 aromatic carbocycles. The molecule has 0 radical (unpaired) electrons. The molecule has 19 heavy (non-hydrogen) atoms. The van der Waals surface area contributed by atoms with E-state index in [-0.39, 0.29) is 18.8 Å². The van der Waals surface area contributed by atoms with Gasteiger partial charge < -0.3 is 9.47 Å². The maximum atomic E-state index is 13.4. The molecule has 0 aliphatic heterocycles. The normalized spacial score (nSPS) is 10.4. The maximum absolute atomic E-state index is 13.4. The molecule has 0 bridgehead atoms. The van der Waals surface area contributed by atoms with E-state index in [1.165, 1.54) is 6.07 Å². The molecule has 0 aromatic heterocycles. The largest absolute Gasteiger partial charge is 0.465 e. The molecule has 5 heteroatoms. The van der Waals surface area contributed by atoms with Crippen molar-refractivity contribution in [2.75, 3.05) is 13.2 Å². The van der Waals surface area contributed by atoms with Crippen LogP contribution >= 0.6 is 0 Å². The van der Waals surface area contributed by atoms with Crippen LogP contribution in [0.25, 0.3) is 0 Å². The van der Waals surface area contributed by atoms with Gasteiger partial charge in [-0.25, -0.2) is 4.39 Å². The molecular formula is C14H17FO4. The van der Waals surface area contributed by atoms with Crippen LogP contribution in [0.3, 0.4) is 0 Å². The van der Waals surface area contributed by atoms with E-state index in [2.05, 4.69) is 0 Å². The van der Waals surface area contributed by atoms with Crippen LogP contribution in [0.2, 0.25) is 0 Å². The second-order valence-electron chi connectivity index (χ2n) is 4.00. The summed E-state index contributed by atoms with van der Waals surface area (Å²) in [7, 11) is 0. The quantitative estimate of drug-likeness (QED) is 0.607. The van der Waals surface area contributed by atoms with Crippen LogP contribution in [0.1, 0.15) is 30.9 Å². The molecule has 0 amide bonds. The summed E-state index contributed by atoms with van der Waals surface area (Å²) >= 11 is 0. The van der Waals surface area contributed by atoms with Crippen LogP contribution in [0.4, 0.5) is 4.39 Å². The first-order valence-electron chi connectivity index (χ1n) is 6.10. The van der Waals surface area contributed by atoms with E-state index in [0.717, 1.165) is 6.07 Å². The Bertz CT molecular complexity index is 432. The summed E-state index contributed by atoms with van der Waals surface area (Å²) in [6.07, 6.45) is 0. The Labute approximate surface area is 111 Å². The van der Waals surface area contributed by atoms with Crippen molar-refractivity contribution in [1.82, 2.24) is 0 Å². The molecule has 0 fully saturated rings.